The second-order valence-corrected chi connectivity index (χ2v) is 13.6. The Balaban J connectivity index is 1.04. The fraction of sp³-hybridized carbons (Fsp3) is 0.714. The van der Waals surface area contributed by atoms with Crippen LogP contribution in [-0.2, 0) is 0 Å². The molecule has 10 heteroatoms. The number of aliphatic hydroxyl groups is 2. The number of aromatic nitrogens is 2. The maximum Gasteiger partial charge on any atom is 0.226 e. The smallest absolute Gasteiger partial charge is 0.226 e. The van der Waals surface area contributed by atoms with Gasteiger partial charge in [0.25, 0.3) is 0 Å². The summed E-state index contributed by atoms with van der Waals surface area (Å²) in [6.07, 6.45) is 13.1. The van der Waals surface area contributed by atoms with Gasteiger partial charge in [0, 0.05) is 38.3 Å². The summed E-state index contributed by atoms with van der Waals surface area (Å²) in [7, 11) is 0. The highest BCUT2D eigenvalue weighted by Gasteiger charge is 2.29. The Labute approximate surface area is 270 Å². The second kappa shape index (κ2) is 18.0. The fourth-order valence-corrected chi connectivity index (χ4v) is 7.47. The van der Waals surface area contributed by atoms with Crippen LogP contribution in [0.5, 0.6) is 0 Å². The van der Waals surface area contributed by atoms with Gasteiger partial charge in [-0.3, -0.25) is 4.90 Å². The van der Waals surface area contributed by atoms with Crippen molar-refractivity contribution in [3.63, 3.8) is 0 Å². The molecule has 1 aliphatic heterocycles. The van der Waals surface area contributed by atoms with E-state index < -0.39 is 6.29 Å². The zero-order chi connectivity index (χ0) is 31.3. The lowest BCUT2D eigenvalue weighted by Gasteiger charge is -2.42. The third-order valence-electron chi connectivity index (χ3n) is 10.2. The van der Waals surface area contributed by atoms with Gasteiger partial charge in [-0.1, -0.05) is 49.6 Å². The molecule has 7 N–H and O–H groups in total. The van der Waals surface area contributed by atoms with E-state index in [0.29, 0.717) is 24.1 Å². The molecular formula is C35H58N8O2. The number of hydrogen-bond donors (Lipinski definition) is 6. The van der Waals surface area contributed by atoms with Gasteiger partial charge < -0.3 is 36.8 Å². The number of benzene rings is 1. The van der Waals surface area contributed by atoms with E-state index in [-0.39, 0.29) is 6.04 Å². The second-order valence-electron chi connectivity index (χ2n) is 13.6. The average molecular weight is 623 g/mol. The largest absolute Gasteiger partial charge is 0.383 e. The van der Waals surface area contributed by atoms with Crippen LogP contribution in [0, 0.1) is 11.8 Å². The number of nitrogens with two attached hydrogens (primary N) is 1. The van der Waals surface area contributed by atoms with E-state index in [1.165, 1.54) is 69.8 Å². The van der Waals surface area contributed by atoms with Crippen LogP contribution in [-0.4, -0.2) is 89.8 Å². The molecule has 0 amide bonds. The summed E-state index contributed by atoms with van der Waals surface area (Å²) in [5.41, 5.74) is 7.54. The maximum absolute atomic E-state index is 9.33. The Kier molecular flexibility index (Phi) is 13.5. The molecule has 1 saturated heterocycles. The molecule has 2 aromatic rings. The molecule has 3 aliphatic rings. The molecule has 0 radical (unpaired) electrons. The molecule has 1 atom stereocenters. The number of nitrogen functional groups attached to an aromatic ring is 1. The number of anilines is 3. The summed E-state index contributed by atoms with van der Waals surface area (Å²) < 4.78 is 0. The monoisotopic (exact) mass is 622 g/mol. The summed E-state index contributed by atoms with van der Waals surface area (Å²) in [5, 5.41) is 29.7. The standard InChI is InChI=1S/C35H58N8O2/c36-32-23-33(43-22-21-42(20-7-13-34(44)45)31(26-43)29-9-3-1-4-10-29)41-35(40-32)39-25-28-16-14-27(15-17-28)24-37-18-8-19-38-30-11-5-2-6-12-30/h1,3-4,9-10,23,27-28,30-31,34,37-38,44-45H,2,5-8,11-22,24-26H2,(H3,36,39,40,41)/t27-,28-,31?. The van der Waals surface area contributed by atoms with Crippen molar-refractivity contribution < 1.29 is 10.2 Å². The van der Waals surface area contributed by atoms with Crippen molar-refractivity contribution in [2.45, 2.75) is 95.4 Å². The lowest BCUT2D eigenvalue weighted by molar-refractivity contribution is -0.0481. The number of rotatable bonds is 16. The molecular weight excluding hydrogens is 564 g/mol. The number of nitrogens with zero attached hydrogens (tertiary/aromatic N) is 4. The highest BCUT2D eigenvalue weighted by Crippen LogP contribution is 2.31. The average Bonchev–Trinajstić information content (AvgIpc) is 3.06. The van der Waals surface area contributed by atoms with Crippen LogP contribution in [0.4, 0.5) is 17.6 Å². The van der Waals surface area contributed by atoms with Crippen molar-refractivity contribution in [2.24, 2.45) is 11.8 Å². The molecule has 10 nitrogen and oxygen atoms in total. The first-order chi connectivity index (χ1) is 22.0. The Morgan fingerprint density at radius 1 is 0.867 bits per heavy atom. The molecule has 2 aliphatic carbocycles. The van der Waals surface area contributed by atoms with E-state index in [9.17, 15) is 10.2 Å². The zero-order valence-corrected chi connectivity index (χ0v) is 27.3. The molecule has 45 heavy (non-hydrogen) atoms. The number of aliphatic hydroxyl groups excluding tert-OH is 1. The van der Waals surface area contributed by atoms with Crippen LogP contribution in [0.2, 0.25) is 0 Å². The summed E-state index contributed by atoms with van der Waals surface area (Å²) >= 11 is 0. The van der Waals surface area contributed by atoms with Crippen LogP contribution < -0.4 is 26.6 Å². The summed E-state index contributed by atoms with van der Waals surface area (Å²) in [4.78, 5) is 14.2. The highest BCUT2D eigenvalue weighted by atomic mass is 16.5. The highest BCUT2D eigenvalue weighted by molar-refractivity contribution is 5.52. The quantitative estimate of drug-likeness (QED) is 0.120. The van der Waals surface area contributed by atoms with E-state index in [1.807, 2.05) is 12.1 Å². The summed E-state index contributed by atoms with van der Waals surface area (Å²) in [6, 6.07) is 13.4. The molecule has 2 heterocycles. The van der Waals surface area contributed by atoms with Crippen LogP contribution in [0.1, 0.15) is 88.7 Å². The molecule has 1 aromatic heterocycles. The lowest BCUT2D eigenvalue weighted by atomic mass is 9.82. The van der Waals surface area contributed by atoms with E-state index in [4.69, 9.17) is 10.7 Å². The minimum atomic E-state index is -1.25. The molecule has 0 spiro atoms. The van der Waals surface area contributed by atoms with Crippen molar-refractivity contribution in [1.29, 1.82) is 0 Å². The van der Waals surface area contributed by atoms with Gasteiger partial charge in [-0.05, 0) is 101 Å². The van der Waals surface area contributed by atoms with E-state index in [0.717, 1.165) is 76.6 Å². The third-order valence-corrected chi connectivity index (χ3v) is 10.2. The van der Waals surface area contributed by atoms with Crippen LogP contribution >= 0.6 is 0 Å². The lowest BCUT2D eigenvalue weighted by Crippen LogP contribution is -2.49. The molecule has 250 valence electrons. The van der Waals surface area contributed by atoms with Gasteiger partial charge in [-0.15, -0.1) is 0 Å². The van der Waals surface area contributed by atoms with E-state index >= 15 is 0 Å². The molecule has 2 saturated carbocycles. The first-order valence-corrected chi connectivity index (χ1v) is 17.8. The van der Waals surface area contributed by atoms with Crippen molar-refractivity contribution in [1.82, 2.24) is 25.5 Å². The van der Waals surface area contributed by atoms with Gasteiger partial charge in [-0.2, -0.15) is 9.97 Å². The van der Waals surface area contributed by atoms with Crippen molar-refractivity contribution in [2.75, 3.05) is 68.3 Å². The first-order valence-electron chi connectivity index (χ1n) is 17.8. The number of nitrogens with one attached hydrogen (secondary N) is 3. The van der Waals surface area contributed by atoms with E-state index in [2.05, 4.69) is 55.0 Å². The van der Waals surface area contributed by atoms with Crippen molar-refractivity contribution >= 4 is 17.6 Å². The minimum absolute atomic E-state index is 0.186. The van der Waals surface area contributed by atoms with Crippen LogP contribution in [0.25, 0.3) is 0 Å². The number of hydrogen-bond acceptors (Lipinski definition) is 10. The molecule has 5 rings (SSSR count). The predicted molar refractivity (Wildman–Crippen MR) is 183 cm³/mol. The topological polar surface area (TPSA) is 135 Å². The Morgan fingerprint density at radius 2 is 1.62 bits per heavy atom. The Bertz CT molecular complexity index is 1110. The zero-order valence-electron chi connectivity index (χ0n) is 27.3. The molecule has 1 unspecified atom stereocenters. The van der Waals surface area contributed by atoms with Gasteiger partial charge in [0.2, 0.25) is 5.95 Å². The number of piperazine rings is 1. The van der Waals surface area contributed by atoms with Gasteiger partial charge >= 0.3 is 0 Å². The third kappa shape index (κ3) is 11.1. The normalized spacial score (nSPS) is 23.4. The minimum Gasteiger partial charge on any atom is -0.383 e. The SMILES string of the molecule is Nc1cc(N2CCN(CCCC(O)O)C(c3ccccc3)C2)nc(NC[C@H]2CC[C@H](CNCCCNC3CCCCC3)CC2)n1. The van der Waals surface area contributed by atoms with Crippen molar-refractivity contribution in [3.05, 3.63) is 42.0 Å². The molecule has 3 fully saturated rings. The van der Waals surface area contributed by atoms with Gasteiger partial charge in [0.1, 0.15) is 11.6 Å². The van der Waals surface area contributed by atoms with Gasteiger partial charge in [0.15, 0.2) is 6.29 Å². The fourth-order valence-electron chi connectivity index (χ4n) is 7.47. The maximum atomic E-state index is 9.33. The molecule has 0 bridgehead atoms. The summed E-state index contributed by atoms with van der Waals surface area (Å²) in [6.45, 7) is 7.59. The van der Waals surface area contributed by atoms with Gasteiger partial charge in [-0.25, -0.2) is 0 Å². The van der Waals surface area contributed by atoms with Crippen LogP contribution in [0.15, 0.2) is 36.4 Å². The van der Waals surface area contributed by atoms with Crippen LogP contribution in [0.3, 0.4) is 0 Å². The predicted octanol–water partition coefficient (Wildman–Crippen LogP) is 4.13. The first kappa shape index (κ1) is 33.9. The van der Waals surface area contributed by atoms with Gasteiger partial charge in [0.05, 0.1) is 6.04 Å². The Hall–Kier alpha value is -2.50. The van der Waals surface area contributed by atoms with Crippen molar-refractivity contribution in [3.8, 4) is 0 Å². The Morgan fingerprint density at radius 3 is 2.38 bits per heavy atom. The van der Waals surface area contributed by atoms with E-state index in [1.54, 1.807) is 0 Å². The summed E-state index contributed by atoms with van der Waals surface area (Å²) in [5.74, 6) is 3.39. The molecule has 1 aromatic carbocycles.